The number of amides is 1. The van der Waals surface area contributed by atoms with Crippen molar-refractivity contribution >= 4 is 5.91 Å². The summed E-state index contributed by atoms with van der Waals surface area (Å²) in [4.78, 5) is 11.2. The first-order chi connectivity index (χ1) is 8.81. The highest BCUT2D eigenvalue weighted by molar-refractivity contribution is 5.93. The van der Waals surface area contributed by atoms with Gasteiger partial charge in [0.15, 0.2) is 0 Å². The highest BCUT2D eigenvalue weighted by Gasteiger charge is 2.19. The predicted molar refractivity (Wildman–Crippen MR) is 69.9 cm³/mol. The van der Waals surface area contributed by atoms with Crippen LogP contribution >= 0.6 is 0 Å². The zero-order valence-electron chi connectivity index (χ0n) is 10.5. The topological polar surface area (TPSA) is 38.3 Å². The van der Waals surface area contributed by atoms with Crippen LogP contribution < -0.4 is 5.32 Å². The number of fused-ring (bicyclic) bond motifs is 1. The Bertz CT molecular complexity index is 485. The molecule has 94 valence electrons. The quantitative estimate of drug-likeness (QED) is 0.822. The van der Waals surface area contributed by atoms with Gasteiger partial charge in [-0.1, -0.05) is 30.2 Å². The fourth-order valence-electron chi connectivity index (χ4n) is 2.19. The van der Waals surface area contributed by atoms with Crippen LogP contribution in [0.1, 0.15) is 30.6 Å². The molecule has 0 saturated heterocycles. The van der Waals surface area contributed by atoms with Crippen LogP contribution in [0.2, 0.25) is 0 Å². The van der Waals surface area contributed by atoms with E-state index in [0.717, 1.165) is 19.4 Å². The molecule has 3 heteroatoms. The Hall–Kier alpha value is -1.79. The molecule has 1 atom stereocenters. The normalized spacial score (nSPS) is 17.3. The molecular formula is C15H17NO2. The summed E-state index contributed by atoms with van der Waals surface area (Å²) < 4.78 is 5.76. The van der Waals surface area contributed by atoms with E-state index < -0.39 is 0 Å². The van der Waals surface area contributed by atoms with Crippen LogP contribution in [-0.4, -0.2) is 19.1 Å². The van der Waals surface area contributed by atoms with Gasteiger partial charge in [-0.3, -0.25) is 4.79 Å². The van der Waals surface area contributed by atoms with E-state index in [-0.39, 0.29) is 12.0 Å². The first-order valence-electron chi connectivity index (χ1n) is 6.21. The van der Waals surface area contributed by atoms with E-state index >= 15 is 0 Å². The molecule has 1 amide bonds. The molecule has 0 saturated carbocycles. The van der Waals surface area contributed by atoms with Crippen molar-refractivity contribution < 1.29 is 9.53 Å². The number of ether oxygens (including phenoxy) is 1. The molecule has 1 aliphatic heterocycles. The van der Waals surface area contributed by atoms with Gasteiger partial charge >= 0.3 is 0 Å². The maximum atomic E-state index is 11.2. The molecule has 0 spiro atoms. The van der Waals surface area contributed by atoms with E-state index in [1.54, 1.807) is 6.92 Å². The van der Waals surface area contributed by atoms with E-state index in [4.69, 9.17) is 4.74 Å². The van der Waals surface area contributed by atoms with Gasteiger partial charge in [0.2, 0.25) is 0 Å². The van der Waals surface area contributed by atoms with Crippen LogP contribution in [0.3, 0.4) is 0 Å². The van der Waals surface area contributed by atoms with Gasteiger partial charge in [0.05, 0.1) is 12.7 Å². The lowest BCUT2D eigenvalue weighted by Gasteiger charge is -2.26. The van der Waals surface area contributed by atoms with Crippen LogP contribution in [-0.2, 0) is 16.0 Å². The SMILES string of the molecule is CC#CC(=O)NCCC1OCCc2ccccc21. The number of carbonyl (C=O) groups excluding carboxylic acids is 1. The van der Waals surface area contributed by atoms with E-state index in [2.05, 4.69) is 35.4 Å². The minimum Gasteiger partial charge on any atom is -0.373 e. The van der Waals surface area contributed by atoms with Crippen molar-refractivity contribution in [2.75, 3.05) is 13.2 Å². The Kier molecular flexibility index (Phi) is 4.38. The fourth-order valence-corrected chi connectivity index (χ4v) is 2.19. The molecule has 3 nitrogen and oxygen atoms in total. The molecule has 0 bridgehead atoms. The number of benzene rings is 1. The Morgan fingerprint density at radius 1 is 1.50 bits per heavy atom. The predicted octanol–water partition coefficient (Wildman–Crippen LogP) is 1.83. The molecule has 18 heavy (non-hydrogen) atoms. The Morgan fingerprint density at radius 3 is 3.17 bits per heavy atom. The van der Waals surface area contributed by atoms with Gasteiger partial charge < -0.3 is 10.1 Å². The minimum atomic E-state index is -0.221. The van der Waals surface area contributed by atoms with Crippen LogP contribution in [0.5, 0.6) is 0 Å². The number of rotatable bonds is 3. The second-order valence-electron chi connectivity index (χ2n) is 4.23. The summed E-state index contributed by atoms with van der Waals surface area (Å²) in [5, 5.41) is 2.77. The van der Waals surface area contributed by atoms with Crippen molar-refractivity contribution in [1.82, 2.24) is 5.32 Å². The van der Waals surface area contributed by atoms with Crippen molar-refractivity contribution in [3.8, 4) is 11.8 Å². The van der Waals surface area contributed by atoms with Gasteiger partial charge in [0.1, 0.15) is 0 Å². The minimum absolute atomic E-state index is 0.0878. The van der Waals surface area contributed by atoms with Crippen molar-refractivity contribution in [1.29, 1.82) is 0 Å². The lowest BCUT2D eigenvalue weighted by molar-refractivity contribution is -0.115. The summed E-state index contributed by atoms with van der Waals surface area (Å²) in [5.74, 6) is 4.82. The number of carbonyl (C=O) groups is 1. The molecular weight excluding hydrogens is 226 g/mol. The molecule has 1 heterocycles. The molecule has 1 aliphatic rings. The van der Waals surface area contributed by atoms with E-state index in [1.807, 2.05) is 6.07 Å². The summed E-state index contributed by atoms with van der Waals surface area (Å²) >= 11 is 0. The number of nitrogens with one attached hydrogen (secondary N) is 1. The lowest BCUT2D eigenvalue weighted by atomic mass is 9.96. The van der Waals surface area contributed by atoms with Gasteiger partial charge in [-0.25, -0.2) is 0 Å². The molecule has 1 aromatic rings. The van der Waals surface area contributed by atoms with Crippen LogP contribution in [0, 0.1) is 11.8 Å². The third-order valence-corrected chi connectivity index (χ3v) is 3.02. The first-order valence-corrected chi connectivity index (χ1v) is 6.21. The number of hydrogen-bond donors (Lipinski definition) is 1. The van der Waals surface area contributed by atoms with Crippen LogP contribution in [0.25, 0.3) is 0 Å². The van der Waals surface area contributed by atoms with E-state index in [9.17, 15) is 4.79 Å². The maximum absolute atomic E-state index is 11.2. The lowest BCUT2D eigenvalue weighted by Crippen LogP contribution is -2.26. The molecule has 2 rings (SSSR count). The van der Waals surface area contributed by atoms with Gasteiger partial charge in [-0.15, -0.1) is 0 Å². The smallest absolute Gasteiger partial charge is 0.295 e. The Balaban J connectivity index is 1.91. The van der Waals surface area contributed by atoms with Crippen molar-refractivity contribution in [2.24, 2.45) is 0 Å². The molecule has 0 aliphatic carbocycles. The molecule has 0 aromatic heterocycles. The van der Waals surface area contributed by atoms with Gasteiger partial charge in [0.25, 0.3) is 5.91 Å². The summed E-state index contributed by atoms with van der Waals surface area (Å²) in [6.45, 7) is 3.00. The van der Waals surface area contributed by atoms with Crippen molar-refractivity contribution in [3.05, 3.63) is 35.4 Å². The third kappa shape index (κ3) is 3.12. The maximum Gasteiger partial charge on any atom is 0.295 e. The molecule has 1 unspecified atom stereocenters. The van der Waals surface area contributed by atoms with Crippen LogP contribution in [0.15, 0.2) is 24.3 Å². The standard InChI is InChI=1S/C15H17NO2/c1-2-5-15(17)16-10-8-14-13-7-4-3-6-12(13)9-11-18-14/h3-4,6-7,14H,8-11H2,1H3,(H,16,17). The highest BCUT2D eigenvalue weighted by atomic mass is 16.5. The molecule has 1 N–H and O–H groups in total. The van der Waals surface area contributed by atoms with Gasteiger partial charge in [-0.2, -0.15) is 0 Å². The second kappa shape index (κ2) is 6.23. The molecule has 1 aromatic carbocycles. The summed E-state index contributed by atoms with van der Waals surface area (Å²) in [6, 6.07) is 8.33. The van der Waals surface area contributed by atoms with Crippen LogP contribution in [0.4, 0.5) is 0 Å². The van der Waals surface area contributed by atoms with E-state index in [1.165, 1.54) is 11.1 Å². The summed E-state index contributed by atoms with van der Waals surface area (Å²) in [7, 11) is 0. The van der Waals surface area contributed by atoms with Crippen molar-refractivity contribution in [3.63, 3.8) is 0 Å². The number of hydrogen-bond acceptors (Lipinski definition) is 2. The van der Waals surface area contributed by atoms with E-state index in [0.29, 0.717) is 6.54 Å². The zero-order chi connectivity index (χ0) is 12.8. The third-order valence-electron chi connectivity index (χ3n) is 3.02. The average molecular weight is 243 g/mol. The van der Waals surface area contributed by atoms with Gasteiger partial charge in [-0.05, 0) is 36.8 Å². The monoisotopic (exact) mass is 243 g/mol. The molecule has 0 radical (unpaired) electrons. The fraction of sp³-hybridized carbons (Fsp3) is 0.400. The summed E-state index contributed by atoms with van der Waals surface area (Å²) in [5.41, 5.74) is 2.60. The Morgan fingerprint density at radius 2 is 2.33 bits per heavy atom. The zero-order valence-corrected chi connectivity index (χ0v) is 10.5. The van der Waals surface area contributed by atoms with Gasteiger partial charge in [0, 0.05) is 6.54 Å². The summed E-state index contributed by atoms with van der Waals surface area (Å²) in [6.07, 6.45) is 1.85. The van der Waals surface area contributed by atoms with Crippen molar-refractivity contribution in [2.45, 2.75) is 25.9 Å². The first kappa shape index (κ1) is 12.7. The second-order valence-corrected chi connectivity index (χ2v) is 4.23. The highest BCUT2D eigenvalue weighted by Crippen LogP contribution is 2.28. The average Bonchev–Trinajstić information content (AvgIpc) is 2.39. The molecule has 0 fully saturated rings. The Labute approximate surface area is 108 Å². The largest absolute Gasteiger partial charge is 0.373 e.